The van der Waals surface area contributed by atoms with Crippen molar-refractivity contribution in [3.05, 3.63) is 28.2 Å². The Bertz CT molecular complexity index is 437. The minimum atomic E-state index is -0.136. The first-order valence-electron chi connectivity index (χ1n) is 5.63. The molecule has 1 unspecified atom stereocenters. The van der Waals surface area contributed by atoms with Crippen LogP contribution in [0.2, 0.25) is 0 Å². The largest absolute Gasteiger partial charge is 0.507 e. The van der Waals surface area contributed by atoms with Crippen LogP contribution in [0.25, 0.3) is 0 Å². The Labute approximate surface area is 109 Å². The Hall–Kier alpha value is -1.07. The van der Waals surface area contributed by atoms with Crippen LogP contribution < -0.4 is 5.73 Å². The molecule has 92 valence electrons. The number of aromatic hydroxyl groups is 1. The zero-order valence-electron chi connectivity index (χ0n) is 9.40. The van der Waals surface area contributed by atoms with Crippen molar-refractivity contribution in [2.24, 2.45) is 5.73 Å². The smallest absolute Gasteiger partial charge is 0.257 e. The number of carbonyl (C=O) groups excluding carboxylic acids is 1. The Morgan fingerprint density at radius 2 is 2.35 bits per heavy atom. The Balaban J connectivity index is 2.24. The average molecular weight is 299 g/mol. The summed E-state index contributed by atoms with van der Waals surface area (Å²) in [6.45, 7) is 1.19. The zero-order chi connectivity index (χ0) is 12.4. The number of amides is 1. The van der Waals surface area contributed by atoms with Gasteiger partial charge in [-0.3, -0.25) is 4.79 Å². The molecule has 0 radical (unpaired) electrons. The lowest BCUT2D eigenvalue weighted by Gasteiger charge is -2.23. The van der Waals surface area contributed by atoms with E-state index in [0.29, 0.717) is 12.1 Å². The number of hydrogen-bond acceptors (Lipinski definition) is 3. The first-order chi connectivity index (χ1) is 8.13. The summed E-state index contributed by atoms with van der Waals surface area (Å²) in [6.07, 6.45) is 1.92. The molecule has 0 saturated carbocycles. The summed E-state index contributed by atoms with van der Waals surface area (Å²) < 4.78 is 0.753. The maximum atomic E-state index is 12.2. The highest BCUT2D eigenvalue weighted by Crippen LogP contribution is 2.26. The number of benzene rings is 1. The van der Waals surface area contributed by atoms with E-state index in [0.717, 1.165) is 23.9 Å². The lowest BCUT2D eigenvalue weighted by molar-refractivity contribution is 0.0738. The molecule has 0 bridgehead atoms. The molecular formula is C12H15BrN2O2. The number of hydrogen-bond donors (Lipinski definition) is 2. The summed E-state index contributed by atoms with van der Waals surface area (Å²) >= 11 is 3.25. The van der Waals surface area contributed by atoms with E-state index in [1.165, 1.54) is 6.07 Å². The maximum Gasteiger partial charge on any atom is 0.257 e. The van der Waals surface area contributed by atoms with Crippen LogP contribution in [0.1, 0.15) is 23.2 Å². The number of likely N-dealkylation sites (tertiary alicyclic amines) is 1. The summed E-state index contributed by atoms with van der Waals surface area (Å²) in [5.74, 6) is -0.130. The van der Waals surface area contributed by atoms with Crippen molar-refractivity contribution >= 4 is 21.8 Å². The van der Waals surface area contributed by atoms with Gasteiger partial charge in [-0.15, -0.1) is 0 Å². The lowest BCUT2D eigenvalue weighted by atomic mass is 10.1. The Morgan fingerprint density at radius 1 is 1.59 bits per heavy atom. The molecule has 0 aromatic heterocycles. The molecule has 4 nitrogen and oxygen atoms in total. The van der Waals surface area contributed by atoms with Crippen LogP contribution in [-0.4, -0.2) is 35.0 Å². The molecule has 1 aliphatic heterocycles. The highest BCUT2D eigenvalue weighted by atomic mass is 79.9. The van der Waals surface area contributed by atoms with E-state index in [9.17, 15) is 9.90 Å². The van der Waals surface area contributed by atoms with Gasteiger partial charge in [0.15, 0.2) is 0 Å². The molecule has 1 amide bonds. The third kappa shape index (κ3) is 2.45. The van der Waals surface area contributed by atoms with Crippen LogP contribution in [-0.2, 0) is 0 Å². The highest BCUT2D eigenvalue weighted by Gasteiger charge is 2.29. The fourth-order valence-electron chi connectivity index (χ4n) is 2.19. The third-order valence-electron chi connectivity index (χ3n) is 3.10. The van der Waals surface area contributed by atoms with Gasteiger partial charge in [-0.25, -0.2) is 0 Å². The van der Waals surface area contributed by atoms with Gasteiger partial charge in [0.25, 0.3) is 5.91 Å². The fraction of sp³-hybridized carbons (Fsp3) is 0.417. The molecule has 1 saturated heterocycles. The van der Waals surface area contributed by atoms with E-state index in [1.54, 1.807) is 17.0 Å². The second kappa shape index (κ2) is 5.06. The molecule has 1 fully saturated rings. The minimum Gasteiger partial charge on any atom is -0.507 e. The minimum absolute atomic E-state index is 0.00652. The number of phenolic OH excluding ortho intramolecular Hbond substituents is 1. The number of nitrogens with zero attached hydrogens (tertiary/aromatic N) is 1. The molecular weight excluding hydrogens is 284 g/mol. The molecule has 1 aromatic carbocycles. The highest BCUT2D eigenvalue weighted by molar-refractivity contribution is 9.10. The van der Waals surface area contributed by atoms with Gasteiger partial charge in [0.1, 0.15) is 5.75 Å². The van der Waals surface area contributed by atoms with Gasteiger partial charge < -0.3 is 15.7 Å². The van der Waals surface area contributed by atoms with Gasteiger partial charge in [0, 0.05) is 23.6 Å². The Morgan fingerprint density at radius 3 is 3.00 bits per heavy atom. The molecule has 1 aliphatic rings. The van der Waals surface area contributed by atoms with Crippen LogP contribution in [0.5, 0.6) is 5.75 Å². The van der Waals surface area contributed by atoms with Gasteiger partial charge in [-0.2, -0.15) is 0 Å². The van der Waals surface area contributed by atoms with E-state index in [-0.39, 0.29) is 17.7 Å². The van der Waals surface area contributed by atoms with Crippen molar-refractivity contribution in [1.82, 2.24) is 4.90 Å². The van der Waals surface area contributed by atoms with Crippen LogP contribution in [0.4, 0.5) is 0 Å². The van der Waals surface area contributed by atoms with Crippen molar-refractivity contribution in [2.45, 2.75) is 18.9 Å². The summed E-state index contributed by atoms with van der Waals surface area (Å²) in [5.41, 5.74) is 5.98. The monoisotopic (exact) mass is 298 g/mol. The summed E-state index contributed by atoms with van der Waals surface area (Å²) in [7, 11) is 0. The van der Waals surface area contributed by atoms with Gasteiger partial charge >= 0.3 is 0 Å². The molecule has 1 aromatic rings. The molecule has 1 heterocycles. The van der Waals surface area contributed by atoms with Gasteiger partial charge in [-0.05, 0) is 31.0 Å². The van der Waals surface area contributed by atoms with Crippen molar-refractivity contribution in [3.8, 4) is 5.75 Å². The van der Waals surface area contributed by atoms with E-state index in [1.807, 2.05) is 0 Å². The van der Waals surface area contributed by atoms with E-state index >= 15 is 0 Å². The van der Waals surface area contributed by atoms with Crippen LogP contribution >= 0.6 is 15.9 Å². The summed E-state index contributed by atoms with van der Waals surface area (Å²) in [4.78, 5) is 14.0. The molecule has 0 aliphatic carbocycles. The van der Waals surface area contributed by atoms with Crippen LogP contribution in [0.15, 0.2) is 22.7 Å². The summed E-state index contributed by atoms with van der Waals surface area (Å²) in [6, 6.07) is 5.01. The second-order valence-electron chi connectivity index (χ2n) is 4.19. The lowest BCUT2D eigenvalue weighted by Crippen LogP contribution is -2.39. The van der Waals surface area contributed by atoms with Crippen LogP contribution in [0, 0.1) is 0 Å². The van der Waals surface area contributed by atoms with Crippen molar-refractivity contribution < 1.29 is 9.90 Å². The second-order valence-corrected chi connectivity index (χ2v) is 5.11. The van der Waals surface area contributed by atoms with Gasteiger partial charge in [0.2, 0.25) is 0 Å². The maximum absolute atomic E-state index is 12.2. The van der Waals surface area contributed by atoms with Crippen molar-refractivity contribution in [1.29, 1.82) is 0 Å². The molecule has 2 rings (SSSR count). The first kappa shape index (κ1) is 12.4. The number of rotatable bonds is 2. The zero-order valence-corrected chi connectivity index (χ0v) is 11.0. The van der Waals surface area contributed by atoms with E-state index in [2.05, 4.69) is 15.9 Å². The predicted octanol–water partition coefficient (Wildman–Crippen LogP) is 1.72. The van der Waals surface area contributed by atoms with Crippen molar-refractivity contribution in [2.75, 3.05) is 13.1 Å². The quantitative estimate of drug-likeness (QED) is 0.874. The first-order valence-corrected chi connectivity index (χ1v) is 6.42. The predicted molar refractivity (Wildman–Crippen MR) is 68.9 cm³/mol. The Kier molecular flexibility index (Phi) is 3.69. The molecule has 0 spiro atoms. The fourth-order valence-corrected chi connectivity index (χ4v) is 2.54. The average Bonchev–Trinajstić information content (AvgIpc) is 2.76. The van der Waals surface area contributed by atoms with E-state index < -0.39 is 0 Å². The SMILES string of the molecule is NCC1CCCN1C(=O)c1ccc(Br)cc1O. The van der Waals surface area contributed by atoms with E-state index in [4.69, 9.17) is 5.73 Å². The van der Waals surface area contributed by atoms with Gasteiger partial charge in [-0.1, -0.05) is 15.9 Å². The van der Waals surface area contributed by atoms with Gasteiger partial charge in [0.05, 0.1) is 5.56 Å². The normalized spacial score (nSPS) is 19.6. The molecule has 17 heavy (non-hydrogen) atoms. The van der Waals surface area contributed by atoms with Crippen molar-refractivity contribution in [3.63, 3.8) is 0 Å². The number of halogens is 1. The third-order valence-corrected chi connectivity index (χ3v) is 3.59. The topological polar surface area (TPSA) is 66.6 Å². The number of phenols is 1. The number of carbonyl (C=O) groups is 1. The standard InChI is InChI=1S/C12H15BrN2O2/c13-8-3-4-10(11(16)6-8)12(17)15-5-1-2-9(15)7-14/h3-4,6,9,16H,1-2,5,7,14H2. The molecule has 1 atom stereocenters. The summed E-state index contributed by atoms with van der Waals surface area (Å²) in [5, 5.41) is 9.77. The number of nitrogens with two attached hydrogens (primary N) is 1. The molecule has 3 N–H and O–H groups in total. The molecule has 5 heteroatoms. The van der Waals surface area contributed by atoms with Crippen LogP contribution in [0.3, 0.4) is 0 Å².